The molecule has 1 heterocycles. The molecule has 6 nitrogen and oxygen atoms in total. The Kier molecular flexibility index (Phi) is 7.25. The van der Waals surface area contributed by atoms with Gasteiger partial charge in [-0.05, 0) is 18.9 Å². The van der Waals surface area contributed by atoms with Crippen LogP contribution in [0.3, 0.4) is 0 Å². The molecule has 2 atom stereocenters. The van der Waals surface area contributed by atoms with E-state index < -0.39 is 0 Å². The Morgan fingerprint density at radius 3 is 2.55 bits per heavy atom. The Morgan fingerprint density at radius 2 is 2.00 bits per heavy atom. The lowest BCUT2D eigenvalue weighted by molar-refractivity contribution is 0.148. The van der Waals surface area contributed by atoms with Crippen LogP contribution in [0.4, 0.5) is 0 Å². The van der Waals surface area contributed by atoms with Crippen LogP contribution in [0, 0.1) is 5.92 Å². The molecule has 0 saturated carbocycles. The average molecular weight is 283 g/mol. The molecule has 0 saturated heterocycles. The largest absolute Gasteiger partial charge is 0.480 e. The van der Waals surface area contributed by atoms with Crippen LogP contribution in [-0.2, 0) is 4.74 Å². The molecule has 1 aromatic rings. The number of aromatic nitrogens is 2. The third kappa shape index (κ3) is 4.61. The van der Waals surface area contributed by atoms with Crippen LogP contribution in [0.25, 0.3) is 0 Å². The highest BCUT2D eigenvalue weighted by Gasteiger charge is 2.21. The minimum atomic E-state index is 0.0820. The van der Waals surface area contributed by atoms with E-state index in [1.807, 2.05) is 0 Å². The van der Waals surface area contributed by atoms with Crippen molar-refractivity contribution in [2.75, 3.05) is 34.5 Å². The van der Waals surface area contributed by atoms with E-state index in [1.54, 1.807) is 27.5 Å². The minimum Gasteiger partial charge on any atom is -0.480 e. The van der Waals surface area contributed by atoms with Crippen LogP contribution in [0.15, 0.2) is 6.20 Å². The Bertz CT molecular complexity index is 401. The normalized spacial score (nSPS) is 13.8. The van der Waals surface area contributed by atoms with Gasteiger partial charge in [0.25, 0.3) is 0 Å². The van der Waals surface area contributed by atoms with Crippen molar-refractivity contribution in [2.24, 2.45) is 5.92 Å². The summed E-state index contributed by atoms with van der Waals surface area (Å²) in [4.78, 5) is 8.72. The van der Waals surface area contributed by atoms with Gasteiger partial charge in [-0.25, -0.2) is 4.98 Å². The number of hydrogen-bond donors (Lipinski definition) is 1. The number of ether oxygens (including phenoxy) is 3. The number of rotatable bonds is 9. The smallest absolute Gasteiger partial charge is 0.240 e. The Balaban J connectivity index is 2.95. The van der Waals surface area contributed by atoms with Crippen molar-refractivity contribution < 1.29 is 14.2 Å². The van der Waals surface area contributed by atoms with E-state index in [-0.39, 0.29) is 6.04 Å². The summed E-state index contributed by atoms with van der Waals surface area (Å²) < 4.78 is 15.6. The molecule has 0 amide bonds. The second-order valence-corrected chi connectivity index (χ2v) is 4.71. The van der Waals surface area contributed by atoms with E-state index >= 15 is 0 Å². The van der Waals surface area contributed by atoms with Gasteiger partial charge in [0.2, 0.25) is 11.8 Å². The molecule has 0 aromatic carbocycles. The summed E-state index contributed by atoms with van der Waals surface area (Å²) in [5, 5.41) is 3.42. The van der Waals surface area contributed by atoms with Gasteiger partial charge in [0.1, 0.15) is 5.69 Å². The fourth-order valence-electron chi connectivity index (χ4n) is 2.15. The molecule has 0 aliphatic rings. The molecular formula is C14H25N3O3. The van der Waals surface area contributed by atoms with Crippen LogP contribution in [-0.4, -0.2) is 44.4 Å². The lowest BCUT2D eigenvalue weighted by Gasteiger charge is -2.22. The molecule has 6 heteroatoms. The van der Waals surface area contributed by atoms with Gasteiger partial charge in [0.15, 0.2) is 0 Å². The topological polar surface area (TPSA) is 65.5 Å². The maximum atomic E-state index is 5.33. The fourth-order valence-corrected chi connectivity index (χ4v) is 2.15. The lowest BCUT2D eigenvalue weighted by atomic mass is 10.00. The molecule has 0 fully saturated rings. The van der Waals surface area contributed by atoms with Crippen molar-refractivity contribution >= 4 is 0 Å². The van der Waals surface area contributed by atoms with Gasteiger partial charge in [-0.1, -0.05) is 13.8 Å². The van der Waals surface area contributed by atoms with Gasteiger partial charge in [-0.3, -0.25) is 0 Å². The molecule has 0 aliphatic heterocycles. The van der Waals surface area contributed by atoms with Crippen molar-refractivity contribution in [1.82, 2.24) is 15.3 Å². The summed E-state index contributed by atoms with van der Waals surface area (Å²) in [5.74, 6) is 1.36. The summed E-state index contributed by atoms with van der Waals surface area (Å²) in [5.41, 5.74) is 0.804. The highest BCUT2D eigenvalue weighted by molar-refractivity contribution is 5.25. The van der Waals surface area contributed by atoms with Crippen LogP contribution >= 0.6 is 0 Å². The maximum absolute atomic E-state index is 5.33. The van der Waals surface area contributed by atoms with Crippen molar-refractivity contribution in [3.8, 4) is 11.8 Å². The molecule has 0 radical (unpaired) electrons. The molecular weight excluding hydrogens is 258 g/mol. The molecule has 1 N–H and O–H groups in total. The van der Waals surface area contributed by atoms with Gasteiger partial charge in [-0.15, -0.1) is 0 Å². The first-order valence-corrected chi connectivity index (χ1v) is 6.83. The molecule has 0 spiro atoms. The molecule has 114 valence electrons. The zero-order valence-electron chi connectivity index (χ0n) is 13.0. The summed E-state index contributed by atoms with van der Waals surface area (Å²) in [7, 11) is 4.87. The number of methoxy groups -OCH3 is 3. The zero-order chi connectivity index (χ0) is 15.0. The van der Waals surface area contributed by atoms with Crippen molar-refractivity contribution in [2.45, 2.75) is 26.3 Å². The number of nitrogens with zero attached hydrogens (tertiary/aromatic N) is 2. The second kappa shape index (κ2) is 8.71. The maximum Gasteiger partial charge on any atom is 0.240 e. The third-order valence-corrected chi connectivity index (χ3v) is 3.02. The highest BCUT2D eigenvalue weighted by atomic mass is 16.5. The first-order chi connectivity index (χ1) is 9.65. The van der Waals surface area contributed by atoms with E-state index in [4.69, 9.17) is 14.2 Å². The van der Waals surface area contributed by atoms with Crippen LogP contribution in [0.2, 0.25) is 0 Å². The highest BCUT2D eigenvalue weighted by Crippen LogP contribution is 2.27. The van der Waals surface area contributed by atoms with Gasteiger partial charge < -0.3 is 19.5 Å². The summed E-state index contributed by atoms with van der Waals surface area (Å²) >= 11 is 0. The van der Waals surface area contributed by atoms with Crippen LogP contribution in [0.5, 0.6) is 11.8 Å². The average Bonchev–Trinajstić information content (AvgIpc) is 2.46. The van der Waals surface area contributed by atoms with Gasteiger partial charge in [-0.2, -0.15) is 4.98 Å². The first-order valence-electron chi connectivity index (χ1n) is 6.83. The van der Waals surface area contributed by atoms with E-state index in [9.17, 15) is 0 Å². The summed E-state index contributed by atoms with van der Waals surface area (Å²) in [6.07, 6.45) is 2.52. The summed E-state index contributed by atoms with van der Waals surface area (Å²) in [6, 6.07) is 0.0820. The first kappa shape index (κ1) is 16.7. The van der Waals surface area contributed by atoms with Gasteiger partial charge in [0.05, 0.1) is 26.5 Å². The number of nitrogens with one attached hydrogen (secondary N) is 1. The predicted octanol–water partition coefficient (Wildman–Crippen LogP) is 1.82. The van der Waals surface area contributed by atoms with Gasteiger partial charge in [0, 0.05) is 13.7 Å². The fraction of sp³-hybridized carbons (Fsp3) is 0.714. The summed E-state index contributed by atoms with van der Waals surface area (Å²) in [6.45, 7) is 5.78. The second-order valence-electron chi connectivity index (χ2n) is 4.71. The van der Waals surface area contributed by atoms with E-state index in [0.29, 0.717) is 24.3 Å². The van der Waals surface area contributed by atoms with Crippen LogP contribution < -0.4 is 14.8 Å². The van der Waals surface area contributed by atoms with Crippen molar-refractivity contribution in [3.63, 3.8) is 0 Å². The zero-order valence-corrected chi connectivity index (χ0v) is 13.0. The van der Waals surface area contributed by atoms with E-state index in [2.05, 4.69) is 29.1 Å². The quantitative estimate of drug-likeness (QED) is 0.745. The minimum absolute atomic E-state index is 0.0820. The third-order valence-electron chi connectivity index (χ3n) is 3.02. The van der Waals surface area contributed by atoms with Gasteiger partial charge >= 0.3 is 0 Å². The Hall–Kier alpha value is -1.40. The van der Waals surface area contributed by atoms with Crippen molar-refractivity contribution in [3.05, 3.63) is 11.9 Å². The number of hydrogen-bond acceptors (Lipinski definition) is 6. The standard InChI is InChI=1S/C14H25N3O3/c1-6-15-11(7-10(2)9-18-3)13-14(20-5)17-12(19-4)8-16-13/h8,10-11,15H,6-7,9H2,1-5H3. The molecule has 20 heavy (non-hydrogen) atoms. The Labute approximate surface area is 120 Å². The monoisotopic (exact) mass is 283 g/mol. The molecule has 1 aromatic heterocycles. The van der Waals surface area contributed by atoms with Crippen molar-refractivity contribution in [1.29, 1.82) is 0 Å². The van der Waals surface area contributed by atoms with E-state index in [0.717, 1.165) is 18.7 Å². The molecule has 1 rings (SSSR count). The Morgan fingerprint density at radius 1 is 1.25 bits per heavy atom. The SMILES string of the molecule is CCNC(CC(C)COC)c1ncc(OC)nc1OC. The molecule has 0 aliphatic carbocycles. The lowest BCUT2D eigenvalue weighted by Crippen LogP contribution is -2.25. The molecule has 2 unspecified atom stereocenters. The van der Waals surface area contributed by atoms with E-state index in [1.165, 1.54) is 0 Å². The molecule has 0 bridgehead atoms. The van der Waals surface area contributed by atoms with Crippen LogP contribution in [0.1, 0.15) is 32.0 Å². The predicted molar refractivity (Wildman–Crippen MR) is 77.2 cm³/mol.